The molecule has 1 unspecified atom stereocenters. The van der Waals surface area contributed by atoms with E-state index in [1.54, 1.807) is 11.3 Å². The fourth-order valence-corrected chi connectivity index (χ4v) is 4.85. The standard InChI is InChI=1S/C15H26N4O2S2.ClH/c1-23(20,21)18-5-2-9-19(12-14-17-8-10-22-14)13-11-15(13)3-6-16-7-4-15;/h8,10,13,16,18H,2-7,9,11-12H2,1H3;1H. The van der Waals surface area contributed by atoms with E-state index in [2.05, 4.69) is 19.9 Å². The first-order valence-corrected chi connectivity index (χ1v) is 11.0. The highest BCUT2D eigenvalue weighted by Gasteiger charge is 2.56. The fraction of sp³-hybridized carbons (Fsp3) is 0.800. The lowest BCUT2D eigenvalue weighted by Gasteiger charge is -2.29. The third-order valence-corrected chi connectivity index (χ3v) is 6.49. The van der Waals surface area contributed by atoms with Gasteiger partial charge in [-0.15, -0.1) is 23.7 Å². The summed E-state index contributed by atoms with van der Waals surface area (Å²) in [6, 6.07) is 0.631. The van der Waals surface area contributed by atoms with E-state index in [4.69, 9.17) is 0 Å². The Morgan fingerprint density at radius 3 is 2.83 bits per heavy atom. The van der Waals surface area contributed by atoms with E-state index < -0.39 is 10.0 Å². The molecule has 2 N–H and O–H groups in total. The molecule has 1 saturated carbocycles. The minimum absolute atomic E-state index is 0. The Kier molecular flexibility index (Phi) is 7.04. The highest BCUT2D eigenvalue weighted by molar-refractivity contribution is 7.88. The number of piperidine rings is 1. The van der Waals surface area contributed by atoms with Crippen LogP contribution < -0.4 is 10.0 Å². The van der Waals surface area contributed by atoms with Crippen molar-refractivity contribution in [1.29, 1.82) is 0 Å². The molecular formula is C15H27ClN4O2S2. The van der Waals surface area contributed by atoms with Crippen LogP contribution >= 0.6 is 23.7 Å². The van der Waals surface area contributed by atoms with E-state index in [0.717, 1.165) is 37.6 Å². The van der Waals surface area contributed by atoms with Crippen LogP contribution in [0, 0.1) is 5.41 Å². The van der Waals surface area contributed by atoms with Crippen LogP contribution in [-0.4, -0.2) is 56.8 Å². The Bertz CT molecular complexity index is 603. The van der Waals surface area contributed by atoms with E-state index in [1.165, 1.54) is 25.5 Å². The van der Waals surface area contributed by atoms with Crippen molar-refractivity contribution in [1.82, 2.24) is 19.9 Å². The lowest BCUT2D eigenvalue weighted by Crippen LogP contribution is -2.37. The third kappa shape index (κ3) is 5.37. The van der Waals surface area contributed by atoms with Crippen molar-refractivity contribution in [3.63, 3.8) is 0 Å². The SMILES string of the molecule is CS(=O)(=O)NCCCN(Cc1nccs1)C1CC12CCNCC2.Cl. The summed E-state index contributed by atoms with van der Waals surface area (Å²) in [5.41, 5.74) is 0.493. The van der Waals surface area contributed by atoms with Gasteiger partial charge in [0.25, 0.3) is 0 Å². The maximum atomic E-state index is 11.2. The Balaban J connectivity index is 0.00000208. The number of halogens is 1. The van der Waals surface area contributed by atoms with Crippen molar-refractivity contribution in [3.8, 4) is 0 Å². The largest absolute Gasteiger partial charge is 0.317 e. The summed E-state index contributed by atoms with van der Waals surface area (Å²) in [6.45, 7) is 4.56. The highest BCUT2D eigenvalue weighted by atomic mass is 35.5. The number of nitrogens with zero attached hydrogens (tertiary/aromatic N) is 2. The zero-order valence-electron chi connectivity index (χ0n) is 14.0. The normalized spacial score (nSPS) is 22.5. The molecule has 3 rings (SSSR count). The Labute approximate surface area is 154 Å². The van der Waals surface area contributed by atoms with Crippen LogP contribution in [0.2, 0.25) is 0 Å². The van der Waals surface area contributed by atoms with Crippen LogP contribution in [0.3, 0.4) is 0 Å². The first-order valence-electron chi connectivity index (χ1n) is 8.26. The van der Waals surface area contributed by atoms with Crippen molar-refractivity contribution in [2.24, 2.45) is 5.41 Å². The quantitative estimate of drug-likeness (QED) is 0.653. The van der Waals surface area contributed by atoms with Gasteiger partial charge in [0, 0.05) is 30.7 Å². The number of thiazole rings is 1. The van der Waals surface area contributed by atoms with Gasteiger partial charge in [-0.2, -0.15) is 0 Å². The summed E-state index contributed by atoms with van der Waals surface area (Å²) in [5, 5.41) is 6.62. The number of hydrogen-bond acceptors (Lipinski definition) is 6. The van der Waals surface area contributed by atoms with Gasteiger partial charge in [0.15, 0.2) is 0 Å². The van der Waals surface area contributed by atoms with Gasteiger partial charge in [0.1, 0.15) is 5.01 Å². The molecule has 2 aliphatic rings. The van der Waals surface area contributed by atoms with Crippen molar-refractivity contribution in [2.75, 3.05) is 32.4 Å². The summed E-state index contributed by atoms with van der Waals surface area (Å²) in [4.78, 5) is 6.94. The molecule has 1 aliphatic carbocycles. The monoisotopic (exact) mass is 394 g/mol. The smallest absolute Gasteiger partial charge is 0.208 e. The van der Waals surface area contributed by atoms with Crippen LogP contribution in [-0.2, 0) is 16.6 Å². The maximum Gasteiger partial charge on any atom is 0.208 e. The summed E-state index contributed by atoms with van der Waals surface area (Å²) in [6.07, 6.45) is 7.70. The van der Waals surface area contributed by atoms with Gasteiger partial charge < -0.3 is 5.32 Å². The number of sulfonamides is 1. The van der Waals surface area contributed by atoms with E-state index >= 15 is 0 Å². The summed E-state index contributed by atoms with van der Waals surface area (Å²) < 4.78 is 25.0. The van der Waals surface area contributed by atoms with E-state index in [1.807, 2.05) is 11.6 Å². The molecule has 1 aromatic heterocycles. The molecule has 2 heterocycles. The van der Waals surface area contributed by atoms with Gasteiger partial charge in [0.2, 0.25) is 10.0 Å². The maximum absolute atomic E-state index is 11.2. The zero-order chi connectivity index (χ0) is 16.3. The van der Waals surface area contributed by atoms with Gasteiger partial charge in [0.05, 0.1) is 12.8 Å². The topological polar surface area (TPSA) is 74.3 Å². The number of aromatic nitrogens is 1. The number of hydrogen-bond donors (Lipinski definition) is 2. The average molecular weight is 395 g/mol. The molecule has 0 amide bonds. The lowest BCUT2D eigenvalue weighted by molar-refractivity contribution is 0.193. The molecule has 138 valence electrons. The summed E-state index contributed by atoms with van der Waals surface area (Å²) in [7, 11) is -3.09. The minimum Gasteiger partial charge on any atom is -0.317 e. The van der Waals surface area contributed by atoms with E-state index in [0.29, 0.717) is 18.0 Å². The molecule has 1 aromatic rings. The molecular weight excluding hydrogens is 368 g/mol. The van der Waals surface area contributed by atoms with Gasteiger partial charge >= 0.3 is 0 Å². The molecule has 1 aliphatic heterocycles. The zero-order valence-corrected chi connectivity index (χ0v) is 16.5. The van der Waals surface area contributed by atoms with E-state index in [-0.39, 0.29) is 12.4 Å². The van der Waals surface area contributed by atoms with Crippen LogP contribution in [0.25, 0.3) is 0 Å². The second kappa shape index (κ2) is 8.42. The third-order valence-electron chi connectivity index (χ3n) is 4.99. The molecule has 6 nitrogen and oxygen atoms in total. The highest BCUT2D eigenvalue weighted by Crippen LogP contribution is 2.56. The van der Waals surface area contributed by atoms with Crippen molar-refractivity contribution in [3.05, 3.63) is 16.6 Å². The number of nitrogens with one attached hydrogen (secondary N) is 2. The van der Waals surface area contributed by atoms with Gasteiger partial charge in [-0.05, 0) is 44.2 Å². The Morgan fingerprint density at radius 2 is 2.21 bits per heavy atom. The van der Waals surface area contributed by atoms with Crippen molar-refractivity contribution < 1.29 is 8.42 Å². The summed E-state index contributed by atoms with van der Waals surface area (Å²) >= 11 is 1.70. The van der Waals surface area contributed by atoms with Crippen molar-refractivity contribution in [2.45, 2.75) is 38.3 Å². The molecule has 2 fully saturated rings. The predicted molar refractivity (Wildman–Crippen MR) is 100 cm³/mol. The van der Waals surface area contributed by atoms with Crippen LogP contribution in [0.15, 0.2) is 11.6 Å². The molecule has 9 heteroatoms. The fourth-order valence-electron chi connectivity index (χ4n) is 3.69. The second-order valence-corrected chi connectivity index (χ2v) is 9.56. The average Bonchev–Trinajstić information content (AvgIpc) is 2.95. The molecule has 0 bridgehead atoms. The van der Waals surface area contributed by atoms with Crippen LogP contribution in [0.4, 0.5) is 0 Å². The van der Waals surface area contributed by atoms with E-state index in [9.17, 15) is 8.42 Å². The Morgan fingerprint density at radius 1 is 1.46 bits per heavy atom. The predicted octanol–water partition coefficient (Wildman–Crippen LogP) is 1.45. The van der Waals surface area contributed by atoms with Gasteiger partial charge in [-0.3, -0.25) is 4.90 Å². The minimum atomic E-state index is -3.09. The first-order chi connectivity index (χ1) is 11.0. The molecule has 1 spiro atoms. The lowest BCUT2D eigenvalue weighted by atomic mass is 9.93. The molecule has 24 heavy (non-hydrogen) atoms. The second-order valence-electron chi connectivity index (χ2n) is 6.75. The van der Waals surface area contributed by atoms with Crippen molar-refractivity contribution >= 4 is 33.8 Å². The van der Waals surface area contributed by atoms with Gasteiger partial charge in [-0.25, -0.2) is 18.1 Å². The molecule has 1 saturated heterocycles. The summed E-state index contributed by atoms with van der Waals surface area (Å²) in [5.74, 6) is 0. The Hall–Kier alpha value is -0.250. The molecule has 0 aromatic carbocycles. The molecule has 0 radical (unpaired) electrons. The van der Waals surface area contributed by atoms with Gasteiger partial charge in [-0.1, -0.05) is 0 Å². The van der Waals surface area contributed by atoms with Crippen LogP contribution in [0.1, 0.15) is 30.7 Å². The first kappa shape index (κ1) is 20.1. The van der Waals surface area contributed by atoms with Crippen LogP contribution in [0.5, 0.6) is 0 Å². The number of rotatable bonds is 8. The molecule has 1 atom stereocenters.